The number of carboxylic acid groups (broad SMARTS) is 1. The standard InChI is InChI=1S/C26H31ClF2N2O3/c1-30-13-17-6-7-19(27)10-22(17)16-4-2-15(3-5-16)8-18-9-20(11-23(28)25(18)29)34-21-12-24(26(32)33)31-14-21/h6-7,9-11,15-16,21,24,30-31H,2-5,8,12-14H2,1H3,(H,32,33)/t15-,16-,21-,24-/m0/s1. The smallest absolute Gasteiger partial charge is 0.320 e. The summed E-state index contributed by atoms with van der Waals surface area (Å²) in [6.07, 6.45) is 4.15. The molecule has 5 nitrogen and oxygen atoms in total. The van der Waals surface area contributed by atoms with E-state index >= 15 is 0 Å². The van der Waals surface area contributed by atoms with Crippen LogP contribution in [0.1, 0.15) is 54.7 Å². The molecular weight excluding hydrogens is 462 g/mol. The molecule has 1 aliphatic carbocycles. The predicted octanol–water partition coefficient (Wildman–Crippen LogP) is 5.05. The van der Waals surface area contributed by atoms with E-state index in [9.17, 15) is 13.6 Å². The van der Waals surface area contributed by atoms with Gasteiger partial charge in [-0.1, -0.05) is 17.7 Å². The molecule has 184 valence electrons. The Labute approximate surface area is 203 Å². The van der Waals surface area contributed by atoms with Crippen molar-refractivity contribution in [2.24, 2.45) is 5.92 Å². The first kappa shape index (κ1) is 24.9. The Morgan fingerprint density at radius 1 is 1.18 bits per heavy atom. The number of benzene rings is 2. The molecule has 34 heavy (non-hydrogen) atoms. The van der Waals surface area contributed by atoms with Gasteiger partial charge in [0.1, 0.15) is 17.9 Å². The molecule has 2 atom stereocenters. The lowest BCUT2D eigenvalue weighted by Crippen LogP contribution is -2.30. The fraction of sp³-hybridized carbons (Fsp3) is 0.500. The van der Waals surface area contributed by atoms with Crippen molar-refractivity contribution in [1.29, 1.82) is 0 Å². The molecule has 0 amide bonds. The quantitative estimate of drug-likeness (QED) is 0.481. The molecule has 2 fully saturated rings. The van der Waals surface area contributed by atoms with Gasteiger partial charge in [0.15, 0.2) is 11.6 Å². The molecule has 8 heteroatoms. The zero-order chi connectivity index (χ0) is 24.2. The van der Waals surface area contributed by atoms with Gasteiger partial charge in [-0.25, -0.2) is 8.78 Å². The highest BCUT2D eigenvalue weighted by atomic mass is 35.5. The lowest BCUT2D eigenvalue weighted by molar-refractivity contribution is -0.139. The minimum atomic E-state index is -0.941. The Morgan fingerprint density at radius 3 is 2.62 bits per heavy atom. The molecule has 0 spiro atoms. The summed E-state index contributed by atoms with van der Waals surface area (Å²) in [5, 5.41) is 15.9. The molecular formula is C26H31ClF2N2O3. The average Bonchev–Trinajstić information content (AvgIpc) is 3.28. The molecule has 0 aromatic heterocycles. The van der Waals surface area contributed by atoms with Crippen molar-refractivity contribution in [1.82, 2.24) is 10.6 Å². The van der Waals surface area contributed by atoms with E-state index in [0.717, 1.165) is 43.3 Å². The first-order valence-electron chi connectivity index (χ1n) is 11.9. The van der Waals surface area contributed by atoms with Crippen LogP contribution in [0.2, 0.25) is 5.02 Å². The van der Waals surface area contributed by atoms with E-state index in [0.29, 0.717) is 24.4 Å². The highest BCUT2D eigenvalue weighted by Gasteiger charge is 2.31. The van der Waals surface area contributed by atoms with E-state index in [1.54, 1.807) is 6.07 Å². The van der Waals surface area contributed by atoms with Crippen molar-refractivity contribution in [2.45, 2.75) is 63.1 Å². The van der Waals surface area contributed by atoms with E-state index in [2.05, 4.69) is 22.8 Å². The SMILES string of the molecule is CNCc1ccc(Cl)cc1[C@H]1CC[C@H](Cc2cc(O[C@@H]3CN[C@H](C(=O)O)C3)cc(F)c2F)CC1. The monoisotopic (exact) mass is 492 g/mol. The summed E-state index contributed by atoms with van der Waals surface area (Å²) in [6.45, 7) is 1.14. The number of carbonyl (C=O) groups is 1. The summed E-state index contributed by atoms with van der Waals surface area (Å²) in [7, 11) is 1.93. The van der Waals surface area contributed by atoms with Crippen LogP contribution >= 0.6 is 11.6 Å². The van der Waals surface area contributed by atoms with Crippen LogP contribution in [0.3, 0.4) is 0 Å². The maximum Gasteiger partial charge on any atom is 0.320 e. The number of nitrogens with one attached hydrogen (secondary N) is 2. The zero-order valence-electron chi connectivity index (χ0n) is 19.3. The topological polar surface area (TPSA) is 70.6 Å². The zero-order valence-corrected chi connectivity index (χ0v) is 20.0. The third kappa shape index (κ3) is 5.88. The molecule has 2 aromatic carbocycles. The Hall–Kier alpha value is -2.22. The Kier molecular flexibility index (Phi) is 8.06. The number of halogens is 3. The molecule has 1 aliphatic heterocycles. The van der Waals surface area contributed by atoms with Crippen molar-refractivity contribution in [2.75, 3.05) is 13.6 Å². The Balaban J connectivity index is 1.39. The number of hydrogen-bond acceptors (Lipinski definition) is 4. The van der Waals surface area contributed by atoms with Gasteiger partial charge in [0.05, 0.1) is 0 Å². The van der Waals surface area contributed by atoms with E-state index in [4.69, 9.17) is 21.4 Å². The molecule has 0 unspecified atom stereocenters. The van der Waals surface area contributed by atoms with E-state index < -0.39 is 29.7 Å². The molecule has 1 heterocycles. The predicted molar refractivity (Wildman–Crippen MR) is 127 cm³/mol. The summed E-state index contributed by atoms with van der Waals surface area (Å²) in [5.41, 5.74) is 2.84. The Bertz CT molecular complexity index is 1030. The van der Waals surface area contributed by atoms with E-state index in [-0.39, 0.29) is 18.1 Å². The van der Waals surface area contributed by atoms with Crippen LogP contribution in [0.25, 0.3) is 0 Å². The fourth-order valence-electron chi connectivity index (χ4n) is 5.29. The normalized spacial score (nSPS) is 24.8. The van der Waals surface area contributed by atoms with Gasteiger partial charge in [-0.15, -0.1) is 0 Å². The second-order valence-corrected chi connectivity index (χ2v) is 9.88. The average molecular weight is 493 g/mol. The molecule has 0 bridgehead atoms. The van der Waals surface area contributed by atoms with Crippen LogP contribution in [-0.4, -0.2) is 36.8 Å². The maximum atomic E-state index is 14.6. The van der Waals surface area contributed by atoms with Gasteiger partial charge in [-0.05, 0) is 85.9 Å². The van der Waals surface area contributed by atoms with E-state index in [1.165, 1.54) is 11.1 Å². The molecule has 3 N–H and O–H groups in total. The van der Waals surface area contributed by atoms with Crippen LogP contribution in [0.15, 0.2) is 30.3 Å². The van der Waals surface area contributed by atoms with Gasteiger partial charge < -0.3 is 20.5 Å². The highest BCUT2D eigenvalue weighted by Crippen LogP contribution is 2.40. The minimum absolute atomic E-state index is 0.246. The van der Waals surface area contributed by atoms with Gasteiger partial charge in [-0.2, -0.15) is 0 Å². The maximum absolute atomic E-state index is 14.6. The summed E-state index contributed by atoms with van der Waals surface area (Å²) in [5.74, 6) is -1.78. The van der Waals surface area contributed by atoms with Crippen molar-refractivity contribution in [3.63, 3.8) is 0 Å². The molecule has 4 rings (SSSR count). The number of carboxylic acids is 1. The summed E-state index contributed by atoms with van der Waals surface area (Å²) in [6, 6.07) is 7.98. The summed E-state index contributed by atoms with van der Waals surface area (Å²) >= 11 is 6.26. The van der Waals surface area contributed by atoms with Crippen LogP contribution < -0.4 is 15.4 Å². The second kappa shape index (κ2) is 11.0. The minimum Gasteiger partial charge on any atom is -0.489 e. The number of ether oxygens (including phenoxy) is 1. The largest absolute Gasteiger partial charge is 0.489 e. The lowest BCUT2D eigenvalue weighted by atomic mass is 9.75. The van der Waals surface area contributed by atoms with Crippen LogP contribution in [0.4, 0.5) is 8.78 Å². The van der Waals surface area contributed by atoms with Crippen LogP contribution in [0.5, 0.6) is 5.75 Å². The molecule has 1 saturated heterocycles. The number of hydrogen-bond donors (Lipinski definition) is 3. The molecule has 2 aromatic rings. The van der Waals surface area contributed by atoms with Crippen LogP contribution in [0, 0.1) is 17.6 Å². The third-order valence-corrected chi connectivity index (χ3v) is 7.27. The van der Waals surface area contributed by atoms with Gasteiger partial charge >= 0.3 is 5.97 Å². The Morgan fingerprint density at radius 2 is 1.94 bits per heavy atom. The fourth-order valence-corrected chi connectivity index (χ4v) is 5.47. The second-order valence-electron chi connectivity index (χ2n) is 9.45. The van der Waals surface area contributed by atoms with Crippen molar-refractivity contribution in [3.05, 3.63) is 63.7 Å². The van der Waals surface area contributed by atoms with Crippen molar-refractivity contribution < 1.29 is 23.4 Å². The van der Waals surface area contributed by atoms with Gasteiger partial charge in [-0.3, -0.25) is 4.79 Å². The molecule has 0 radical (unpaired) electrons. The summed E-state index contributed by atoms with van der Waals surface area (Å²) < 4.78 is 34.7. The lowest BCUT2D eigenvalue weighted by Gasteiger charge is -2.30. The highest BCUT2D eigenvalue weighted by molar-refractivity contribution is 6.30. The van der Waals surface area contributed by atoms with Gasteiger partial charge in [0.25, 0.3) is 0 Å². The van der Waals surface area contributed by atoms with Crippen LogP contribution in [-0.2, 0) is 17.8 Å². The van der Waals surface area contributed by atoms with Gasteiger partial charge in [0.2, 0.25) is 0 Å². The third-order valence-electron chi connectivity index (χ3n) is 7.04. The molecule has 1 saturated carbocycles. The van der Waals surface area contributed by atoms with Crippen molar-refractivity contribution in [3.8, 4) is 5.75 Å². The molecule has 2 aliphatic rings. The number of rotatable bonds is 8. The number of aliphatic carboxylic acids is 1. The van der Waals surface area contributed by atoms with E-state index in [1.807, 2.05) is 13.1 Å². The van der Waals surface area contributed by atoms with Gasteiger partial charge in [0, 0.05) is 30.6 Å². The van der Waals surface area contributed by atoms with Crippen molar-refractivity contribution >= 4 is 17.6 Å². The first-order valence-corrected chi connectivity index (χ1v) is 12.3. The summed E-state index contributed by atoms with van der Waals surface area (Å²) in [4.78, 5) is 11.1. The first-order chi connectivity index (χ1) is 16.3.